The Balaban J connectivity index is 3.28. The second kappa shape index (κ2) is 2.79. The SMILES string of the molecule is Bc1cc(C)c(Br)cc1C. The predicted molar refractivity (Wildman–Crippen MR) is 51.8 cm³/mol. The van der Waals surface area contributed by atoms with Crippen LogP contribution in [0.15, 0.2) is 16.6 Å². The van der Waals surface area contributed by atoms with Gasteiger partial charge in [-0.25, -0.2) is 0 Å². The first kappa shape index (κ1) is 7.87. The van der Waals surface area contributed by atoms with Crippen molar-refractivity contribution >= 4 is 29.2 Å². The van der Waals surface area contributed by atoms with Crippen LogP contribution in [0.25, 0.3) is 0 Å². The fourth-order valence-electron chi connectivity index (χ4n) is 0.925. The summed E-state index contributed by atoms with van der Waals surface area (Å²) in [6.45, 7) is 4.23. The number of hydrogen-bond acceptors (Lipinski definition) is 0. The highest BCUT2D eigenvalue weighted by Gasteiger charge is 1.96. The molecule has 0 fully saturated rings. The highest BCUT2D eigenvalue weighted by Crippen LogP contribution is 2.14. The molecule has 0 aliphatic carbocycles. The molecule has 0 N–H and O–H groups in total. The molecular weight excluding hydrogens is 187 g/mol. The van der Waals surface area contributed by atoms with Crippen LogP contribution < -0.4 is 5.46 Å². The second-order valence-electron chi connectivity index (χ2n) is 2.69. The lowest BCUT2D eigenvalue weighted by molar-refractivity contribution is 1.39. The molecule has 10 heavy (non-hydrogen) atoms. The van der Waals surface area contributed by atoms with Crippen LogP contribution in [0.3, 0.4) is 0 Å². The summed E-state index contributed by atoms with van der Waals surface area (Å²) in [4.78, 5) is 0. The van der Waals surface area contributed by atoms with E-state index in [-0.39, 0.29) is 0 Å². The zero-order valence-corrected chi connectivity index (χ0v) is 8.12. The molecule has 0 saturated carbocycles. The molecule has 1 aromatic carbocycles. The van der Waals surface area contributed by atoms with Gasteiger partial charge in [0.05, 0.1) is 0 Å². The third-order valence-electron chi connectivity index (χ3n) is 1.77. The summed E-state index contributed by atoms with van der Waals surface area (Å²) in [5.41, 5.74) is 4.02. The fourth-order valence-corrected chi connectivity index (χ4v) is 1.38. The van der Waals surface area contributed by atoms with Crippen molar-refractivity contribution in [1.29, 1.82) is 0 Å². The van der Waals surface area contributed by atoms with Crippen molar-refractivity contribution in [3.63, 3.8) is 0 Å². The number of halogens is 1. The molecule has 0 bridgehead atoms. The molecule has 0 radical (unpaired) electrons. The van der Waals surface area contributed by atoms with Crippen molar-refractivity contribution < 1.29 is 0 Å². The molecule has 52 valence electrons. The zero-order chi connectivity index (χ0) is 7.72. The van der Waals surface area contributed by atoms with Gasteiger partial charge in [0.1, 0.15) is 7.85 Å². The van der Waals surface area contributed by atoms with Gasteiger partial charge in [-0.05, 0) is 25.5 Å². The Morgan fingerprint density at radius 2 is 1.80 bits per heavy atom. The third-order valence-corrected chi connectivity index (χ3v) is 2.63. The molecule has 2 heteroatoms. The molecule has 0 aromatic heterocycles. The maximum absolute atomic E-state index is 3.48. The molecular formula is C8H10BBr. The van der Waals surface area contributed by atoms with Crippen molar-refractivity contribution in [1.82, 2.24) is 0 Å². The van der Waals surface area contributed by atoms with E-state index in [9.17, 15) is 0 Å². The van der Waals surface area contributed by atoms with Crippen LogP contribution in [0.2, 0.25) is 0 Å². The molecule has 0 saturated heterocycles. The molecule has 0 atom stereocenters. The van der Waals surface area contributed by atoms with Crippen LogP contribution in [0, 0.1) is 13.8 Å². The molecule has 0 heterocycles. The molecule has 0 unspecified atom stereocenters. The number of rotatable bonds is 0. The van der Waals surface area contributed by atoms with Crippen LogP contribution in [-0.4, -0.2) is 7.85 Å². The van der Waals surface area contributed by atoms with E-state index in [2.05, 4.69) is 49.8 Å². The van der Waals surface area contributed by atoms with Gasteiger partial charge in [0, 0.05) is 4.47 Å². The molecule has 1 rings (SSSR count). The van der Waals surface area contributed by atoms with Crippen LogP contribution in [0.4, 0.5) is 0 Å². The van der Waals surface area contributed by atoms with E-state index < -0.39 is 0 Å². The average Bonchev–Trinajstić information content (AvgIpc) is 1.84. The van der Waals surface area contributed by atoms with Crippen LogP contribution >= 0.6 is 15.9 Å². The van der Waals surface area contributed by atoms with E-state index in [1.165, 1.54) is 21.1 Å². The second-order valence-corrected chi connectivity index (χ2v) is 3.54. The van der Waals surface area contributed by atoms with Gasteiger partial charge in [0.2, 0.25) is 0 Å². The van der Waals surface area contributed by atoms with Crippen LogP contribution in [-0.2, 0) is 0 Å². The summed E-state index contributed by atoms with van der Waals surface area (Å²) in [5.74, 6) is 0. The lowest BCUT2D eigenvalue weighted by Crippen LogP contribution is -2.07. The average molecular weight is 197 g/mol. The van der Waals surface area contributed by atoms with Crippen molar-refractivity contribution in [2.75, 3.05) is 0 Å². The first-order valence-electron chi connectivity index (χ1n) is 3.34. The van der Waals surface area contributed by atoms with Gasteiger partial charge >= 0.3 is 0 Å². The number of hydrogen-bond donors (Lipinski definition) is 0. The summed E-state index contributed by atoms with van der Waals surface area (Å²) in [5, 5.41) is 0. The van der Waals surface area contributed by atoms with Gasteiger partial charge in [-0.15, -0.1) is 0 Å². The van der Waals surface area contributed by atoms with Gasteiger partial charge in [0.15, 0.2) is 0 Å². The first-order chi connectivity index (χ1) is 4.61. The Morgan fingerprint density at radius 1 is 1.20 bits per heavy atom. The zero-order valence-electron chi connectivity index (χ0n) is 6.53. The Bertz CT molecular complexity index is 205. The monoisotopic (exact) mass is 196 g/mol. The Kier molecular flexibility index (Phi) is 2.19. The quantitative estimate of drug-likeness (QED) is 0.550. The van der Waals surface area contributed by atoms with E-state index in [4.69, 9.17) is 0 Å². The highest BCUT2D eigenvalue weighted by molar-refractivity contribution is 9.10. The van der Waals surface area contributed by atoms with Gasteiger partial charge in [-0.3, -0.25) is 0 Å². The van der Waals surface area contributed by atoms with Crippen molar-refractivity contribution in [3.8, 4) is 0 Å². The van der Waals surface area contributed by atoms with E-state index >= 15 is 0 Å². The number of aryl methyl sites for hydroxylation is 2. The van der Waals surface area contributed by atoms with E-state index in [1.54, 1.807) is 0 Å². The van der Waals surface area contributed by atoms with E-state index in [0.717, 1.165) is 0 Å². The maximum Gasteiger partial charge on any atom is 0.139 e. The summed E-state index contributed by atoms with van der Waals surface area (Å²) >= 11 is 3.48. The minimum Gasteiger partial charge on any atom is -0.0858 e. The van der Waals surface area contributed by atoms with Gasteiger partial charge in [-0.1, -0.05) is 33.0 Å². The summed E-state index contributed by atoms with van der Waals surface area (Å²) < 4.78 is 1.20. The Hall–Kier alpha value is -0.235. The normalized spacial score (nSPS) is 9.90. The van der Waals surface area contributed by atoms with Crippen molar-refractivity contribution in [3.05, 3.63) is 27.7 Å². The first-order valence-corrected chi connectivity index (χ1v) is 4.14. The molecule has 0 nitrogen and oxygen atoms in total. The lowest BCUT2D eigenvalue weighted by Gasteiger charge is -2.03. The molecule has 1 aromatic rings. The van der Waals surface area contributed by atoms with Crippen LogP contribution in [0.5, 0.6) is 0 Å². The molecule has 0 amide bonds. The van der Waals surface area contributed by atoms with Gasteiger partial charge < -0.3 is 0 Å². The minimum atomic E-state index is 1.20. The third kappa shape index (κ3) is 1.43. The molecule has 0 spiro atoms. The lowest BCUT2D eigenvalue weighted by atomic mass is 9.90. The predicted octanol–water partition coefficient (Wildman–Crippen LogP) is 1.32. The minimum absolute atomic E-state index is 1.20. The Labute approximate surface area is 71.2 Å². The highest BCUT2D eigenvalue weighted by atomic mass is 79.9. The standard InChI is InChI=1S/C8H10BBr/c1-5-4-8(10)6(2)3-7(5)9/h3-4H,9H2,1-2H3. The van der Waals surface area contributed by atoms with Crippen LogP contribution in [0.1, 0.15) is 11.1 Å². The summed E-state index contributed by atoms with van der Waals surface area (Å²) in [6.07, 6.45) is 0. The van der Waals surface area contributed by atoms with Gasteiger partial charge in [0.25, 0.3) is 0 Å². The topological polar surface area (TPSA) is 0 Å². The smallest absolute Gasteiger partial charge is 0.0858 e. The summed E-state index contributed by atoms with van der Waals surface area (Å²) in [6, 6.07) is 4.35. The van der Waals surface area contributed by atoms with E-state index in [0.29, 0.717) is 0 Å². The summed E-state index contributed by atoms with van der Waals surface area (Å²) in [7, 11) is 2.13. The number of benzene rings is 1. The maximum atomic E-state index is 3.48. The van der Waals surface area contributed by atoms with Crippen molar-refractivity contribution in [2.45, 2.75) is 13.8 Å². The van der Waals surface area contributed by atoms with Crippen molar-refractivity contribution in [2.24, 2.45) is 0 Å². The Morgan fingerprint density at radius 3 is 2.30 bits per heavy atom. The van der Waals surface area contributed by atoms with Gasteiger partial charge in [-0.2, -0.15) is 0 Å². The molecule has 0 aliphatic heterocycles. The fraction of sp³-hybridized carbons (Fsp3) is 0.250. The van der Waals surface area contributed by atoms with E-state index in [1.807, 2.05) is 0 Å². The molecule has 0 aliphatic rings. The largest absolute Gasteiger partial charge is 0.139 e.